The second-order valence-corrected chi connectivity index (χ2v) is 2.67. The van der Waals surface area contributed by atoms with Crippen LogP contribution in [0.5, 0.6) is 0 Å². The minimum absolute atomic E-state index is 0.156. The van der Waals surface area contributed by atoms with Crippen molar-refractivity contribution in [3.63, 3.8) is 0 Å². The van der Waals surface area contributed by atoms with E-state index in [4.69, 9.17) is 5.11 Å². The first kappa shape index (κ1) is 9.13. The Morgan fingerprint density at radius 2 is 1.92 bits per heavy atom. The number of aryl methyl sites for hydroxylation is 1. The molecular formula is C9H10F2O. The van der Waals surface area contributed by atoms with Crippen molar-refractivity contribution in [1.82, 2.24) is 0 Å². The van der Waals surface area contributed by atoms with Crippen LogP contribution in [0, 0.1) is 18.6 Å². The highest BCUT2D eigenvalue weighted by Gasteiger charge is 2.05. The Hall–Kier alpha value is -0.960. The van der Waals surface area contributed by atoms with Gasteiger partial charge >= 0.3 is 0 Å². The van der Waals surface area contributed by atoms with Crippen LogP contribution >= 0.6 is 0 Å². The van der Waals surface area contributed by atoms with Crippen molar-refractivity contribution in [3.8, 4) is 0 Å². The van der Waals surface area contributed by atoms with Crippen molar-refractivity contribution in [2.45, 2.75) is 13.3 Å². The van der Waals surface area contributed by atoms with Gasteiger partial charge in [0.05, 0.1) is 0 Å². The normalized spacial score (nSPS) is 10.3. The second-order valence-electron chi connectivity index (χ2n) is 2.67. The Bertz CT molecular complexity index is 284. The number of hydrogen-bond donors (Lipinski definition) is 1. The SMILES string of the molecule is Cc1cc(F)c(CCO)cc1F. The highest BCUT2D eigenvalue weighted by atomic mass is 19.1. The summed E-state index contributed by atoms with van der Waals surface area (Å²) in [6.07, 6.45) is 0.156. The van der Waals surface area contributed by atoms with Gasteiger partial charge in [-0.05, 0) is 36.6 Å². The molecule has 1 N–H and O–H groups in total. The first-order valence-electron chi connectivity index (χ1n) is 3.70. The summed E-state index contributed by atoms with van der Waals surface area (Å²) >= 11 is 0. The number of halogens is 2. The molecule has 0 amide bonds. The minimum Gasteiger partial charge on any atom is -0.396 e. The molecule has 1 aromatic rings. The van der Waals surface area contributed by atoms with Gasteiger partial charge in [0.25, 0.3) is 0 Å². The van der Waals surface area contributed by atoms with E-state index in [1.54, 1.807) is 0 Å². The first-order valence-corrected chi connectivity index (χ1v) is 3.70. The predicted molar refractivity (Wildman–Crippen MR) is 41.9 cm³/mol. The van der Waals surface area contributed by atoms with Crippen molar-refractivity contribution in [2.75, 3.05) is 6.61 Å². The van der Waals surface area contributed by atoms with E-state index in [-0.39, 0.29) is 24.2 Å². The van der Waals surface area contributed by atoms with Crippen LogP contribution in [0.15, 0.2) is 12.1 Å². The van der Waals surface area contributed by atoms with Gasteiger partial charge in [0.15, 0.2) is 0 Å². The molecule has 0 heterocycles. The van der Waals surface area contributed by atoms with Gasteiger partial charge in [-0.2, -0.15) is 0 Å². The largest absolute Gasteiger partial charge is 0.396 e. The summed E-state index contributed by atoms with van der Waals surface area (Å²) < 4.78 is 25.8. The molecule has 0 unspecified atom stereocenters. The predicted octanol–water partition coefficient (Wildman–Crippen LogP) is 1.81. The Balaban J connectivity index is 3.05. The molecule has 1 rings (SSSR count). The van der Waals surface area contributed by atoms with Crippen LogP contribution in [0.4, 0.5) is 8.78 Å². The molecule has 0 saturated carbocycles. The Kier molecular flexibility index (Phi) is 2.76. The van der Waals surface area contributed by atoms with Gasteiger partial charge in [0, 0.05) is 6.61 Å². The van der Waals surface area contributed by atoms with E-state index in [1.807, 2.05) is 0 Å². The molecule has 0 atom stereocenters. The van der Waals surface area contributed by atoms with Gasteiger partial charge in [0.1, 0.15) is 11.6 Å². The first-order chi connectivity index (χ1) is 5.65. The van der Waals surface area contributed by atoms with E-state index in [0.717, 1.165) is 12.1 Å². The standard InChI is InChI=1S/C9H10F2O/c1-6-4-9(11)7(2-3-12)5-8(6)10/h4-5,12H,2-3H2,1H3. The van der Waals surface area contributed by atoms with Gasteiger partial charge in [0.2, 0.25) is 0 Å². The van der Waals surface area contributed by atoms with Gasteiger partial charge in [-0.1, -0.05) is 0 Å². The molecule has 3 heteroatoms. The Morgan fingerprint density at radius 3 is 2.50 bits per heavy atom. The summed E-state index contributed by atoms with van der Waals surface area (Å²) in [6.45, 7) is 1.33. The van der Waals surface area contributed by atoms with Crippen LogP contribution in [0.3, 0.4) is 0 Å². The molecule has 12 heavy (non-hydrogen) atoms. The molecule has 0 fully saturated rings. The zero-order valence-electron chi connectivity index (χ0n) is 6.77. The van der Waals surface area contributed by atoms with Gasteiger partial charge in [-0.15, -0.1) is 0 Å². The number of hydrogen-bond acceptors (Lipinski definition) is 1. The lowest BCUT2D eigenvalue weighted by molar-refractivity contribution is 0.297. The highest BCUT2D eigenvalue weighted by molar-refractivity contribution is 5.25. The smallest absolute Gasteiger partial charge is 0.126 e. The molecule has 1 nitrogen and oxygen atoms in total. The molecule has 0 aliphatic rings. The monoisotopic (exact) mass is 172 g/mol. The molecule has 0 aliphatic carbocycles. The molecule has 1 aromatic carbocycles. The van der Waals surface area contributed by atoms with Crippen molar-refractivity contribution in [2.24, 2.45) is 0 Å². The summed E-state index contributed by atoms with van der Waals surface area (Å²) in [6, 6.07) is 2.27. The summed E-state index contributed by atoms with van der Waals surface area (Å²) in [5, 5.41) is 8.52. The maximum atomic E-state index is 12.9. The van der Waals surface area contributed by atoms with E-state index >= 15 is 0 Å². The zero-order valence-corrected chi connectivity index (χ0v) is 6.77. The molecule has 66 valence electrons. The third-order valence-corrected chi connectivity index (χ3v) is 1.71. The number of aliphatic hydroxyl groups is 1. The minimum atomic E-state index is -0.456. The van der Waals surface area contributed by atoms with Crippen molar-refractivity contribution in [3.05, 3.63) is 34.9 Å². The van der Waals surface area contributed by atoms with Gasteiger partial charge in [-0.25, -0.2) is 8.78 Å². The van der Waals surface area contributed by atoms with Gasteiger partial charge < -0.3 is 5.11 Å². The van der Waals surface area contributed by atoms with Crippen LogP contribution < -0.4 is 0 Å². The summed E-state index contributed by atoms with van der Waals surface area (Å²) in [4.78, 5) is 0. The van der Waals surface area contributed by atoms with Crippen molar-refractivity contribution in [1.29, 1.82) is 0 Å². The summed E-state index contributed by atoms with van der Waals surface area (Å²) in [7, 11) is 0. The van der Waals surface area contributed by atoms with E-state index < -0.39 is 11.6 Å². The van der Waals surface area contributed by atoms with Crippen LogP contribution in [-0.2, 0) is 6.42 Å². The zero-order chi connectivity index (χ0) is 9.14. The van der Waals surface area contributed by atoms with E-state index in [1.165, 1.54) is 6.92 Å². The maximum Gasteiger partial charge on any atom is 0.126 e. The molecule has 0 spiro atoms. The second kappa shape index (κ2) is 3.63. The van der Waals surface area contributed by atoms with E-state index in [0.29, 0.717) is 0 Å². The molecular weight excluding hydrogens is 162 g/mol. The third-order valence-electron chi connectivity index (χ3n) is 1.71. The highest BCUT2D eigenvalue weighted by Crippen LogP contribution is 2.14. The fraction of sp³-hybridized carbons (Fsp3) is 0.333. The number of aliphatic hydroxyl groups excluding tert-OH is 1. The maximum absolute atomic E-state index is 12.9. The Labute approximate surface area is 69.7 Å². The topological polar surface area (TPSA) is 20.2 Å². The third kappa shape index (κ3) is 1.80. The fourth-order valence-electron chi connectivity index (χ4n) is 1.000. The van der Waals surface area contributed by atoms with Crippen molar-refractivity contribution >= 4 is 0 Å². The molecule has 0 aromatic heterocycles. The Morgan fingerprint density at radius 1 is 1.25 bits per heavy atom. The average Bonchev–Trinajstić information content (AvgIpc) is 2.01. The fourth-order valence-corrected chi connectivity index (χ4v) is 1.000. The van der Waals surface area contributed by atoms with Crippen LogP contribution in [-0.4, -0.2) is 11.7 Å². The lowest BCUT2D eigenvalue weighted by Gasteiger charge is -2.02. The lowest BCUT2D eigenvalue weighted by Crippen LogP contribution is -1.97. The summed E-state index contributed by atoms with van der Waals surface area (Å²) in [5.74, 6) is -0.886. The molecule has 0 bridgehead atoms. The average molecular weight is 172 g/mol. The number of rotatable bonds is 2. The van der Waals surface area contributed by atoms with Gasteiger partial charge in [-0.3, -0.25) is 0 Å². The molecule has 0 radical (unpaired) electrons. The number of benzene rings is 1. The molecule has 0 saturated heterocycles. The van der Waals surface area contributed by atoms with E-state index in [2.05, 4.69) is 0 Å². The van der Waals surface area contributed by atoms with Crippen molar-refractivity contribution < 1.29 is 13.9 Å². The van der Waals surface area contributed by atoms with Crippen LogP contribution in [0.1, 0.15) is 11.1 Å². The quantitative estimate of drug-likeness (QED) is 0.721. The van der Waals surface area contributed by atoms with Crippen LogP contribution in [0.2, 0.25) is 0 Å². The summed E-state index contributed by atoms with van der Waals surface area (Å²) in [5.41, 5.74) is 0.509. The lowest BCUT2D eigenvalue weighted by atomic mass is 10.1. The molecule has 0 aliphatic heterocycles. The van der Waals surface area contributed by atoms with E-state index in [9.17, 15) is 8.78 Å². The van der Waals surface area contributed by atoms with Crippen LogP contribution in [0.25, 0.3) is 0 Å².